The highest BCUT2D eigenvalue weighted by molar-refractivity contribution is 5.72. The fourth-order valence-corrected chi connectivity index (χ4v) is 2.16. The van der Waals surface area contributed by atoms with E-state index in [1.807, 2.05) is 6.07 Å². The molecule has 1 aromatic carbocycles. The molecule has 1 amide bonds. The Labute approximate surface area is 108 Å². The highest BCUT2D eigenvalue weighted by Gasteiger charge is 2.22. The lowest BCUT2D eigenvalue weighted by Crippen LogP contribution is -2.50. The number of rotatable bonds is 4. The van der Waals surface area contributed by atoms with Gasteiger partial charge in [0.2, 0.25) is 5.91 Å². The van der Waals surface area contributed by atoms with E-state index >= 15 is 0 Å². The van der Waals surface area contributed by atoms with Crippen LogP contribution in [0.5, 0.6) is 0 Å². The Hall–Kier alpha value is -1.39. The Morgan fingerprint density at radius 3 is 2.94 bits per heavy atom. The number of ether oxygens (including phenoxy) is 1. The summed E-state index contributed by atoms with van der Waals surface area (Å²) in [5.41, 5.74) is 1.30. The van der Waals surface area contributed by atoms with E-state index in [0.29, 0.717) is 13.2 Å². The zero-order chi connectivity index (χ0) is 12.8. The first kappa shape index (κ1) is 13.1. The maximum atomic E-state index is 11.0. The van der Waals surface area contributed by atoms with Crippen molar-refractivity contribution in [3.8, 4) is 0 Å². The molecule has 1 N–H and O–H groups in total. The molecule has 0 spiro atoms. The van der Waals surface area contributed by atoms with E-state index in [2.05, 4.69) is 34.5 Å². The van der Waals surface area contributed by atoms with Gasteiger partial charge in [0.15, 0.2) is 0 Å². The second kappa shape index (κ2) is 6.52. The largest absolute Gasteiger partial charge is 0.378 e. The lowest BCUT2D eigenvalue weighted by Gasteiger charge is -2.35. The van der Waals surface area contributed by atoms with Gasteiger partial charge in [-0.3, -0.25) is 9.69 Å². The molecular formula is C14H20N2O2. The van der Waals surface area contributed by atoms with Gasteiger partial charge in [-0.15, -0.1) is 0 Å². The molecule has 0 saturated carbocycles. The van der Waals surface area contributed by atoms with E-state index < -0.39 is 0 Å². The fourth-order valence-electron chi connectivity index (χ4n) is 2.16. The molecule has 1 saturated heterocycles. The summed E-state index contributed by atoms with van der Waals surface area (Å²) in [7, 11) is 0. The van der Waals surface area contributed by atoms with Crippen LogP contribution in [0.15, 0.2) is 30.3 Å². The van der Waals surface area contributed by atoms with Crippen molar-refractivity contribution in [2.45, 2.75) is 19.5 Å². The molecule has 0 radical (unpaired) electrons. The Morgan fingerprint density at radius 1 is 1.44 bits per heavy atom. The SMILES string of the molecule is CC(=O)NCC1COCCN1Cc1ccccc1. The third-order valence-corrected chi connectivity index (χ3v) is 3.16. The van der Waals surface area contributed by atoms with E-state index in [0.717, 1.165) is 19.7 Å². The molecule has 18 heavy (non-hydrogen) atoms. The number of carbonyl (C=O) groups is 1. The second-order valence-electron chi connectivity index (χ2n) is 4.62. The maximum Gasteiger partial charge on any atom is 0.216 e. The standard InChI is InChI=1S/C14H20N2O2/c1-12(17)15-9-14-11-18-8-7-16(14)10-13-5-3-2-4-6-13/h2-6,14H,7-11H2,1H3,(H,15,17). The number of carbonyl (C=O) groups excluding carboxylic acids is 1. The van der Waals surface area contributed by atoms with Crippen LogP contribution < -0.4 is 5.32 Å². The highest BCUT2D eigenvalue weighted by Crippen LogP contribution is 2.11. The molecule has 4 heteroatoms. The minimum atomic E-state index is 0.0141. The molecular weight excluding hydrogens is 228 g/mol. The van der Waals surface area contributed by atoms with E-state index in [1.54, 1.807) is 6.92 Å². The summed E-state index contributed by atoms with van der Waals surface area (Å²) in [6, 6.07) is 10.7. The molecule has 1 aliphatic heterocycles. The number of benzene rings is 1. The van der Waals surface area contributed by atoms with Crippen molar-refractivity contribution in [2.24, 2.45) is 0 Å². The second-order valence-corrected chi connectivity index (χ2v) is 4.62. The summed E-state index contributed by atoms with van der Waals surface area (Å²) in [6.45, 7) is 5.48. The zero-order valence-electron chi connectivity index (χ0n) is 10.8. The van der Waals surface area contributed by atoms with Gasteiger partial charge >= 0.3 is 0 Å². The molecule has 4 nitrogen and oxygen atoms in total. The van der Waals surface area contributed by atoms with E-state index in [-0.39, 0.29) is 11.9 Å². The van der Waals surface area contributed by atoms with E-state index in [4.69, 9.17) is 4.74 Å². The summed E-state index contributed by atoms with van der Waals surface area (Å²) >= 11 is 0. The third kappa shape index (κ3) is 3.82. The summed E-state index contributed by atoms with van der Waals surface area (Å²) in [5, 5.41) is 2.87. The van der Waals surface area contributed by atoms with Crippen molar-refractivity contribution in [1.29, 1.82) is 0 Å². The van der Waals surface area contributed by atoms with Gasteiger partial charge in [0, 0.05) is 26.6 Å². The number of hydrogen-bond donors (Lipinski definition) is 1. The van der Waals surface area contributed by atoms with Crippen molar-refractivity contribution in [3.05, 3.63) is 35.9 Å². The van der Waals surface area contributed by atoms with Gasteiger partial charge in [-0.1, -0.05) is 30.3 Å². The highest BCUT2D eigenvalue weighted by atomic mass is 16.5. The summed E-state index contributed by atoms with van der Waals surface area (Å²) < 4.78 is 5.49. The van der Waals surface area contributed by atoms with Crippen molar-refractivity contribution < 1.29 is 9.53 Å². The molecule has 0 bridgehead atoms. The van der Waals surface area contributed by atoms with Gasteiger partial charge < -0.3 is 10.1 Å². The zero-order valence-corrected chi connectivity index (χ0v) is 10.8. The average Bonchev–Trinajstić information content (AvgIpc) is 2.39. The van der Waals surface area contributed by atoms with Crippen LogP contribution in [0.3, 0.4) is 0 Å². The minimum Gasteiger partial charge on any atom is -0.378 e. The van der Waals surface area contributed by atoms with Gasteiger partial charge in [0.05, 0.1) is 19.3 Å². The average molecular weight is 248 g/mol. The van der Waals surface area contributed by atoms with Crippen LogP contribution >= 0.6 is 0 Å². The summed E-state index contributed by atoms with van der Waals surface area (Å²) in [6.07, 6.45) is 0. The Morgan fingerprint density at radius 2 is 2.22 bits per heavy atom. The maximum absolute atomic E-state index is 11.0. The van der Waals surface area contributed by atoms with Crippen LogP contribution in [0.2, 0.25) is 0 Å². The van der Waals surface area contributed by atoms with Gasteiger partial charge in [0.1, 0.15) is 0 Å². The first-order valence-corrected chi connectivity index (χ1v) is 6.36. The summed E-state index contributed by atoms with van der Waals surface area (Å²) in [5.74, 6) is 0.0141. The Bertz CT molecular complexity index is 381. The van der Waals surface area contributed by atoms with Crippen LogP contribution in [0.25, 0.3) is 0 Å². The molecule has 1 heterocycles. The molecule has 1 unspecified atom stereocenters. The van der Waals surface area contributed by atoms with Crippen molar-refractivity contribution in [1.82, 2.24) is 10.2 Å². The lowest BCUT2D eigenvalue weighted by atomic mass is 10.1. The normalized spacial score (nSPS) is 20.6. The first-order valence-electron chi connectivity index (χ1n) is 6.36. The number of nitrogens with zero attached hydrogens (tertiary/aromatic N) is 1. The van der Waals surface area contributed by atoms with Crippen LogP contribution in [-0.2, 0) is 16.1 Å². The monoisotopic (exact) mass is 248 g/mol. The van der Waals surface area contributed by atoms with Crippen molar-refractivity contribution in [3.63, 3.8) is 0 Å². The Kier molecular flexibility index (Phi) is 4.73. The molecule has 0 aliphatic carbocycles. The number of morpholine rings is 1. The van der Waals surface area contributed by atoms with Crippen LogP contribution in [-0.4, -0.2) is 43.2 Å². The first-order chi connectivity index (χ1) is 8.75. The van der Waals surface area contributed by atoms with Gasteiger partial charge in [0.25, 0.3) is 0 Å². The molecule has 1 fully saturated rings. The van der Waals surface area contributed by atoms with Crippen LogP contribution in [0.4, 0.5) is 0 Å². The van der Waals surface area contributed by atoms with Gasteiger partial charge in [-0.05, 0) is 5.56 Å². The predicted molar refractivity (Wildman–Crippen MR) is 70.1 cm³/mol. The molecule has 1 atom stereocenters. The molecule has 1 aromatic rings. The number of amides is 1. The van der Waals surface area contributed by atoms with Crippen LogP contribution in [0.1, 0.15) is 12.5 Å². The van der Waals surface area contributed by atoms with Gasteiger partial charge in [-0.25, -0.2) is 0 Å². The van der Waals surface area contributed by atoms with Crippen LogP contribution in [0, 0.1) is 0 Å². The molecule has 0 aromatic heterocycles. The third-order valence-electron chi connectivity index (χ3n) is 3.16. The van der Waals surface area contributed by atoms with Crippen molar-refractivity contribution >= 4 is 5.91 Å². The van der Waals surface area contributed by atoms with E-state index in [1.165, 1.54) is 5.56 Å². The number of hydrogen-bond acceptors (Lipinski definition) is 3. The smallest absolute Gasteiger partial charge is 0.216 e. The quantitative estimate of drug-likeness (QED) is 0.865. The summed E-state index contributed by atoms with van der Waals surface area (Å²) in [4.78, 5) is 13.4. The van der Waals surface area contributed by atoms with Crippen molar-refractivity contribution in [2.75, 3.05) is 26.3 Å². The minimum absolute atomic E-state index is 0.0141. The molecule has 2 rings (SSSR count). The lowest BCUT2D eigenvalue weighted by molar-refractivity contribution is -0.119. The molecule has 1 aliphatic rings. The fraction of sp³-hybridized carbons (Fsp3) is 0.500. The van der Waals surface area contributed by atoms with E-state index in [9.17, 15) is 4.79 Å². The Balaban J connectivity index is 1.93. The topological polar surface area (TPSA) is 41.6 Å². The van der Waals surface area contributed by atoms with Gasteiger partial charge in [-0.2, -0.15) is 0 Å². The predicted octanol–water partition coefficient (Wildman–Crippen LogP) is 1.02. The molecule has 98 valence electrons. The number of nitrogens with one attached hydrogen (secondary N) is 1.